The van der Waals surface area contributed by atoms with E-state index in [-0.39, 0.29) is 11.4 Å². The molecule has 1 saturated heterocycles. The van der Waals surface area contributed by atoms with E-state index in [0.717, 1.165) is 59.6 Å². The van der Waals surface area contributed by atoms with Crippen LogP contribution in [0.4, 0.5) is 11.4 Å². The van der Waals surface area contributed by atoms with Crippen LogP contribution < -0.4 is 9.64 Å². The van der Waals surface area contributed by atoms with E-state index < -0.39 is 10.5 Å². The number of hydrogen-bond donors (Lipinski definition) is 2. The van der Waals surface area contributed by atoms with Crippen molar-refractivity contribution < 1.29 is 9.66 Å². The van der Waals surface area contributed by atoms with Crippen molar-refractivity contribution in [2.24, 2.45) is 0 Å². The molecule has 3 aromatic carbocycles. The molecule has 6 rings (SSSR count). The number of nitro groups is 1. The van der Waals surface area contributed by atoms with Crippen molar-refractivity contribution in [3.05, 3.63) is 64.7 Å². The Bertz CT molecular complexity index is 1690. The van der Waals surface area contributed by atoms with Gasteiger partial charge in [0.2, 0.25) is 0 Å². The van der Waals surface area contributed by atoms with Crippen LogP contribution in [0.1, 0.15) is 20.8 Å². The van der Waals surface area contributed by atoms with Crippen LogP contribution in [-0.4, -0.2) is 68.6 Å². The molecular formula is C29H31N7O3. The van der Waals surface area contributed by atoms with Gasteiger partial charge in [-0.3, -0.25) is 10.1 Å². The van der Waals surface area contributed by atoms with Crippen LogP contribution in [0.25, 0.3) is 44.8 Å². The lowest BCUT2D eigenvalue weighted by molar-refractivity contribution is -0.386. The summed E-state index contributed by atoms with van der Waals surface area (Å²) < 4.78 is 5.79. The number of piperazine rings is 1. The van der Waals surface area contributed by atoms with Gasteiger partial charge < -0.3 is 24.5 Å². The van der Waals surface area contributed by atoms with Crippen molar-refractivity contribution in [3.63, 3.8) is 0 Å². The average Bonchev–Trinajstić information content (AvgIpc) is 3.51. The summed E-state index contributed by atoms with van der Waals surface area (Å²) in [7, 11) is 2.16. The number of ether oxygens (including phenoxy) is 1. The predicted octanol–water partition coefficient (Wildman–Crippen LogP) is 5.61. The SMILES string of the molecule is CN1CCN(c2ccc3nc(-c4ccc5nc(-c6ccc(OC(C)(C)C)c([N+](=O)[O-])c6)[nH]c5c4)[nH]c3c2)CC1. The first-order valence-electron chi connectivity index (χ1n) is 13.0. The van der Waals surface area contributed by atoms with Crippen LogP contribution in [0.3, 0.4) is 0 Å². The highest BCUT2D eigenvalue weighted by Gasteiger charge is 2.23. The Morgan fingerprint density at radius 2 is 1.44 bits per heavy atom. The maximum Gasteiger partial charge on any atom is 0.311 e. The van der Waals surface area contributed by atoms with Gasteiger partial charge in [0.05, 0.1) is 27.0 Å². The van der Waals surface area contributed by atoms with Crippen LogP contribution in [0, 0.1) is 10.1 Å². The van der Waals surface area contributed by atoms with E-state index in [9.17, 15) is 10.1 Å². The van der Waals surface area contributed by atoms with E-state index >= 15 is 0 Å². The van der Waals surface area contributed by atoms with Crippen LogP contribution in [0.15, 0.2) is 54.6 Å². The standard InChI is InChI=1S/C29H31N7O3/c1-29(2,3)39-26-10-6-19(16-25(26)36(37)38)28-30-21-8-5-18(15-23(21)32-28)27-31-22-9-7-20(17-24(22)33-27)35-13-11-34(4)12-14-35/h5-10,15-17H,11-14H2,1-4H3,(H,30,32)(H,31,33). The maximum atomic E-state index is 11.7. The first-order chi connectivity index (χ1) is 18.6. The van der Waals surface area contributed by atoms with Gasteiger partial charge in [0.1, 0.15) is 17.2 Å². The summed E-state index contributed by atoms with van der Waals surface area (Å²) in [6, 6.07) is 17.2. The molecule has 0 radical (unpaired) electrons. The normalized spacial score (nSPS) is 14.8. The van der Waals surface area contributed by atoms with Gasteiger partial charge >= 0.3 is 5.69 Å². The molecule has 1 fully saturated rings. The average molecular weight is 526 g/mol. The maximum absolute atomic E-state index is 11.7. The van der Waals surface area contributed by atoms with Crippen molar-refractivity contribution >= 4 is 33.4 Å². The zero-order valence-electron chi connectivity index (χ0n) is 22.5. The largest absolute Gasteiger partial charge is 0.481 e. The molecular weight excluding hydrogens is 494 g/mol. The number of likely N-dealkylation sites (N-methyl/N-ethyl adjacent to an activating group) is 1. The second-order valence-electron chi connectivity index (χ2n) is 11.0. The van der Waals surface area contributed by atoms with Crippen molar-refractivity contribution in [1.82, 2.24) is 24.8 Å². The molecule has 2 aromatic heterocycles. The summed E-state index contributed by atoms with van der Waals surface area (Å²) in [5.74, 6) is 1.56. The van der Waals surface area contributed by atoms with E-state index in [4.69, 9.17) is 9.72 Å². The van der Waals surface area contributed by atoms with Gasteiger partial charge in [-0.05, 0) is 76.3 Å². The van der Waals surface area contributed by atoms with Gasteiger partial charge in [-0.25, -0.2) is 9.97 Å². The molecule has 0 bridgehead atoms. The number of imidazole rings is 2. The lowest BCUT2D eigenvalue weighted by atomic mass is 10.1. The van der Waals surface area contributed by atoms with Gasteiger partial charge in [0.15, 0.2) is 5.75 Å². The number of benzene rings is 3. The Morgan fingerprint density at radius 3 is 2.08 bits per heavy atom. The lowest BCUT2D eigenvalue weighted by Gasteiger charge is -2.34. The molecule has 10 heteroatoms. The Kier molecular flexibility index (Phi) is 5.99. The molecule has 0 aliphatic carbocycles. The molecule has 0 saturated carbocycles. The van der Waals surface area contributed by atoms with Crippen molar-refractivity contribution in [1.29, 1.82) is 0 Å². The number of nitro benzene ring substituents is 1. The lowest BCUT2D eigenvalue weighted by Crippen LogP contribution is -2.44. The highest BCUT2D eigenvalue weighted by molar-refractivity contribution is 5.87. The zero-order chi connectivity index (χ0) is 27.3. The molecule has 0 atom stereocenters. The van der Waals surface area contributed by atoms with Crippen LogP contribution >= 0.6 is 0 Å². The Labute approximate surface area is 225 Å². The van der Waals surface area contributed by atoms with E-state index in [1.165, 1.54) is 11.8 Å². The molecule has 200 valence electrons. The molecule has 10 nitrogen and oxygen atoms in total. The summed E-state index contributed by atoms with van der Waals surface area (Å²) in [4.78, 5) is 32.4. The minimum Gasteiger partial charge on any atom is -0.481 e. The number of nitrogens with zero attached hydrogens (tertiary/aromatic N) is 5. The minimum absolute atomic E-state index is 0.0956. The number of aromatic nitrogens is 4. The van der Waals surface area contributed by atoms with Crippen molar-refractivity contribution in [2.45, 2.75) is 26.4 Å². The third-order valence-corrected chi connectivity index (χ3v) is 6.93. The zero-order valence-corrected chi connectivity index (χ0v) is 22.5. The summed E-state index contributed by atoms with van der Waals surface area (Å²) >= 11 is 0. The quantitative estimate of drug-likeness (QED) is 0.226. The Morgan fingerprint density at radius 1 is 0.846 bits per heavy atom. The molecule has 3 heterocycles. The van der Waals surface area contributed by atoms with Crippen LogP contribution in [0.5, 0.6) is 5.75 Å². The summed E-state index contributed by atoms with van der Waals surface area (Å²) in [6.07, 6.45) is 0. The van der Waals surface area contributed by atoms with E-state index in [0.29, 0.717) is 11.4 Å². The molecule has 39 heavy (non-hydrogen) atoms. The van der Waals surface area contributed by atoms with Gasteiger partial charge in [0.25, 0.3) is 0 Å². The second-order valence-corrected chi connectivity index (χ2v) is 11.0. The number of anilines is 1. The molecule has 0 amide bonds. The van der Waals surface area contributed by atoms with Gasteiger partial charge in [-0.1, -0.05) is 0 Å². The molecule has 1 aliphatic rings. The highest BCUT2D eigenvalue weighted by atomic mass is 16.6. The first kappa shape index (κ1) is 24.9. The number of H-pyrrole nitrogens is 2. The Balaban J connectivity index is 1.30. The summed E-state index contributed by atoms with van der Waals surface area (Å²) in [5, 5.41) is 11.7. The fourth-order valence-electron chi connectivity index (χ4n) is 4.91. The number of aromatic amines is 2. The molecule has 0 unspecified atom stereocenters. The van der Waals surface area contributed by atoms with Crippen molar-refractivity contribution in [3.8, 4) is 28.5 Å². The third kappa shape index (κ3) is 5.03. The topological polar surface area (TPSA) is 116 Å². The fraction of sp³-hybridized carbons (Fsp3) is 0.310. The van der Waals surface area contributed by atoms with Crippen LogP contribution in [0.2, 0.25) is 0 Å². The summed E-state index contributed by atoms with van der Waals surface area (Å²) in [5.41, 5.74) is 5.59. The van der Waals surface area contributed by atoms with E-state index in [1.54, 1.807) is 12.1 Å². The van der Waals surface area contributed by atoms with E-state index in [2.05, 4.69) is 50.0 Å². The number of fused-ring (bicyclic) bond motifs is 2. The van der Waals surface area contributed by atoms with Crippen LogP contribution in [-0.2, 0) is 0 Å². The molecule has 2 N–H and O–H groups in total. The van der Waals surface area contributed by atoms with Gasteiger partial charge in [-0.15, -0.1) is 0 Å². The smallest absolute Gasteiger partial charge is 0.311 e. The first-order valence-corrected chi connectivity index (χ1v) is 13.0. The Hall–Kier alpha value is -4.44. The molecule has 5 aromatic rings. The fourth-order valence-corrected chi connectivity index (χ4v) is 4.91. The van der Waals surface area contributed by atoms with Gasteiger partial charge in [0, 0.05) is 49.1 Å². The number of hydrogen-bond acceptors (Lipinski definition) is 7. The third-order valence-electron chi connectivity index (χ3n) is 6.93. The highest BCUT2D eigenvalue weighted by Crippen LogP contribution is 2.35. The number of nitrogens with one attached hydrogen (secondary N) is 2. The van der Waals surface area contributed by atoms with Crippen molar-refractivity contribution in [2.75, 3.05) is 38.1 Å². The van der Waals surface area contributed by atoms with Gasteiger partial charge in [-0.2, -0.15) is 0 Å². The predicted molar refractivity (Wildman–Crippen MR) is 153 cm³/mol. The number of rotatable bonds is 5. The molecule has 0 spiro atoms. The summed E-state index contributed by atoms with van der Waals surface area (Å²) in [6.45, 7) is 9.71. The second kappa shape index (κ2) is 9.39. The minimum atomic E-state index is -0.551. The monoisotopic (exact) mass is 525 g/mol. The van der Waals surface area contributed by atoms with E-state index in [1.807, 2.05) is 39.0 Å². The molecule has 1 aliphatic heterocycles.